The van der Waals surface area contributed by atoms with E-state index in [-0.39, 0.29) is 0 Å². The topological polar surface area (TPSA) is 64.9 Å². The Morgan fingerprint density at radius 1 is 1.15 bits per heavy atom. The Labute approximate surface area is 119 Å². The van der Waals surface area contributed by atoms with Gasteiger partial charge in [-0.15, -0.1) is 0 Å². The lowest BCUT2D eigenvalue weighted by molar-refractivity contribution is 0.257. The second kappa shape index (κ2) is 5.37. The third kappa shape index (κ3) is 2.61. The third-order valence-corrected chi connectivity index (χ3v) is 4.12. The van der Waals surface area contributed by atoms with Crippen LogP contribution in [0.2, 0.25) is 0 Å². The second-order valence-electron chi connectivity index (χ2n) is 5.86. The number of rotatable bonds is 2. The first kappa shape index (κ1) is 13.3. The molecule has 0 aliphatic heterocycles. The molecular formula is C16H21N3O. The van der Waals surface area contributed by atoms with Crippen molar-refractivity contribution < 1.29 is 4.52 Å². The zero-order valence-corrected chi connectivity index (χ0v) is 11.9. The highest BCUT2D eigenvalue weighted by Crippen LogP contribution is 2.33. The highest BCUT2D eigenvalue weighted by molar-refractivity contribution is 5.55. The summed E-state index contributed by atoms with van der Waals surface area (Å²) in [6.45, 7) is 2.06. The van der Waals surface area contributed by atoms with E-state index in [1.54, 1.807) is 0 Å². The van der Waals surface area contributed by atoms with Crippen molar-refractivity contribution in [3.05, 3.63) is 35.7 Å². The van der Waals surface area contributed by atoms with Crippen LogP contribution in [-0.2, 0) is 5.54 Å². The Morgan fingerprint density at radius 2 is 1.90 bits per heavy atom. The normalized spacial score (nSPS) is 18.7. The first-order valence-electron chi connectivity index (χ1n) is 7.37. The summed E-state index contributed by atoms with van der Waals surface area (Å²) in [5.41, 5.74) is 8.24. The minimum atomic E-state index is -0.439. The van der Waals surface area contributed by atoms with Gasteiger partial charge in [0.25, 0.3) is 0 Å². The van der Waals surface area contributed by atoms with Crippen molar-refractivity contribution in [2.75, 3.05) is 0 Å². The number of nitrogens with two attached hydrogens (primary N) is 1. The predicted molar refractivity (Wildman–Crippen MR) is 78.0 cm³/mol. The van der Waals surface area contributed by atoms with Gasteiger partial charge in [0.15, 0.2) is 0 Å². The van der Waals surface area contributed by atoms with Crippen LogP contribution in [-0.4, -0.2) is 10.1 Å². The molecule has 4 heteroatoms. The molecule has 20 heavy (non-hydrogen) atoms. The molecular weight excluding hydrogens is 250 g/mol. The number of aromatic nitrogens is 2. The monoisotopic (exact) mass is 271 g/mol. The summed E-state index contributed by atoms with van der Waals surface area (Å²) in [5.74, 6) is 1.23. The van der Waals surface area contributed by atoms with E-state index in [0.29, 0.717) is 11.7 Å². The summed E-state index contributed by atoms with van der Waals surface area (Å²) in [6.07, 6.45) is 6.64. The molecule has 0 atom stereocenters. The van der Waals surface area contributed by atoms with Gasteiger partial charge in [-0.1, -0.05) is 54.6 Å². The molecule has 0 unspecified atom stereocenters. The lowest BCUT2D eigenvalue weighted by Gasteiger charge is -2.22. The van der Waals surface area contributed by atoms with Gasteiger partial charge in [-0.2, -0.15) is 4.98 Å². The van der Waals surface area contributed by atoms with Gasteiger partial charge in [-0.05, 0) is 25.8 Å². The lowest BCUT2D eigenvalue weighted by atomic mass is 9.91. The van der Waals surface area contributed by atoms with Crippen LogP contribution in [0.15, 0.2) is 28.8 Å². The Kier molecular flexibility index (Phi) is 3.57. The van der Waals surface area contributed by atoms with Crippen LogP contribution in [0.25, 0.3) is 11.4 Å². The largest absolute Gasteiger partial charge is 0.337 e. The number of nitrogens with zero attached hydrogens (tertiary/aromatic N) is 2. The minimum absolute atomic E-state index is 0.439. The highest BCUT2D eigenvalue weighted by Gasteiger charge is 2.34. The SMILES string of the molecule is Cc1cccc(-c2noc(C3(N)CCCCCC3)n2)c1. The molecule has 2 aromatic rings. The summed E-state index contributed by atoms with van der Waals surface area (Å²) in [6, 6.07) is 8.12. The van der Waals surface area contributed by atoms with Gasteiger partial charge in [0.05, 0.1) is 5.54 Å². The van der Waals surface area contributed by atoms with Gasteiger partial charge < -0.3 is 10.3 Å². The van der Waals surface area contributed by atoms with Crippen molar-refractivity contribution >= 4 is 0 Å². The molecule has 1 saturated carbocycles. The molecule has 0 radical (unpaired) electrons. The Bertz CT molecular complexity index is 583. The molecule has 1 heterocycles. The summed E-state index contributed by atoms with van der Waals surface area (Å²) in [4.78, 5) is 4.56. The number of hydrogen-bond donors (Lipinski definition) is 1. The van der Waals surface area contributed by atoms with E-state index in [1.807, 2.05) is 12.1 Å². The predicted octanol–water partition coefficient (Wildman–Crippen LogP) is 3.55. The molecule has 0 spiro atoms. The zero-order chi connectivity index (χ0) is 14.0. The third-order valence-electron chi connectivity index (χ3n) is 4.12. The summed E-state index contributed by atoms with van der Waals surface area (Å²) in [7, 11) is 0. The molecule has 2 N–H and O–H groups in total. The Hall–Kier alpha value is -1.68. The standard InChI is InChI=1S/C16H21N3O/c1-12-7-6-8-13(11-12)14-18-15(20-19-14)16(17)9-4-2-3-5-10-16/h6-8,11H,2-5,9-10,17H2,1H3. The van der Waals surface area contributed by atoms with Crippen molar-refractivity contribution in [1.82, 2.24) is 10.1 Å². The first-order valence-corrected chi connectivity index (χ1v) is 7.37. The van der Waals surface area contributed by atoms with E-state index in [1.165, 1.54) is 18.4 Å². The smallest absolute Gasteiger partial charge is 0.247 e. The van der Waals surface area contributed by atoms with Crippen molar-refractivity contribution in [3.63, 3.8) is 0 Å². The van der Waals surface area contributed by atoms with Crippen LogP contribution < -0.4 is 5.73 Å². The van der Waals surface area contributed by atoms with Gasteiger partial charge in [0, 0.05) is 5.56 Å². The van der Waals surface area contributed by atoms with Crippen molar-refractivity contribution in [2.45, 2.75) is 51.0 Å². The molecule has 4 nitrogen and oxygen atoms in total. The maximum atomic E-state index is 6.51. The van der Waals surface area contributed by atoms with E-state index >= 15 is 0 Å². The quantitative estimate of drug-likeness (QED) is 0.848. The van der Waals surface area contributed by atoms with Gasteiger partial charge in [0.2, 0.25) is 11.7 Å². The van der Waals surface area contributed by atoms with Gasteiger partial charge >= 0.3 is 0 Å². The summed E-state index contributed by atoms with van der Waals surface area (Å²) < 4.78 is 5.47. The van der Waals surface area contributed by atoms with Gasteiger partial charge in [0.1, 0.15) is 0 Å². The lowest BCUT2D eigenvalue weighted by Crippen LogP contribution is -2.36. The average molecular weight is 271 g/mol. The van der Waals surface area contributed by atoms with Crippen LogP contribution in [0.3, 0.4) is 0 Å². The maximum absolute atomic E-state index is 6.51. The van der Waals surface area contributed by atoms with E-state index in [2.05, 4.69) is 29.2 Å². The molecule has 1 aliphatic rings. The number of hydrogen-bond acceptors (Lipinski definition) is 4. The van der Waals surface area contributed by atoms with Crippen LogP contribution in [0.5, 0.6) is 0 Å². The fourth-order valence-electron chi connectivity index (χ4n) is 2.90. The molecule has 0 amide bonds. The minimum Gasteiger partial charge on any atom is -0.337 e. The number of aryl methyl sites for hydroxylation is 1. The van der Waals surface area contributed by atoms with E-state index in [9.17, 15) is 0 Å². The molecule has 0 bridgehead atoms. The van der Waals surface area contributed by atoms with Crippen molar-refractivity contribution in [2.24, 2.45) is 5.73 Å². The fourth-order valence-corrected chi connectivity index (χ4v) is 2.90. The molecule has 0 saturated heterocycles. The Morgan fingerprint density at radius 3 is 2.60 bits per heavy atom. The van der Waals surface area contributed by atoms with Crippen molar-refractivity contribution in [1.29, 1.82) is 0 Å². The molecule has 1 aliphatic carbocycles. The van der Waals surface area contributed by atoms with Crippen molar-refractivity contribution in [3.8, 4) is 11.4 Å². The summed E-state index contributed by atoms with van der Waals surface area (Å²) >= 11 is 0. The van der Waals surface area contributed by atoms with Gasteiger partial charge in [-0.3, -0.25) is 0 Å². The molecule has 1 aromatic carbocycles. The van der Waals surface area contributed by atoms with Crippen LogP contribution in [0, 0.1) is 6.92 Å². The fraction of sp³-hybridized carbons (Fsp3) is 0.500. The first-order chi connectivity index (χ1) is 9.67. The van der Waals surface area contributed by atoms with E-state index in [4.69, 9.17) is 10.3 Å². The Balaban J connectivity index is 1.89. The molecule has 106 valence electrons. The van der Waals surface area contributed by atoms with E-state index in [0.717, 1.165) is 31.2 Å². The molecule has 3 rings (SSSR count). The second-order valence-corrected chi connectivity index (χ2v) is 5.86. The maximum Gasteiger partial charge on any atom is 0.247 e. The molecule has 1 aromatic heterocycles. The average Bonchev–Trinajstić information content (AvgIpc) is 2.84. The summed E-state index contributed by atoms with van der Waals surface area (Å²) in [5, 5.41) is 4.11. The van der Waals surface area contributed by atoms with Gasteiger partial charge in [-0.25, -0.2) is 0 Å². The van der Waals surface area contributed by atoms with Crippen LogP contribution in [0.4, 0.5) is 0 Å². The van der Waals surface area contributed by atoms with E-state index < -0.39 is 5.54 Å². The van der Waals surface area contributed by atoms with Crippen LogP contribution in [0.1, 0.15) is 50.0 Å². The highest BCUT2D eigenvalue weighted by atomic mass is 16.5. The number of benzene rings is 1. The van der Waals surface area contributed by atoms with Crippen LogP contribution >= 0.6 is 0 Å². The zero-order valence-electron chi connectivity index (χ0n) is 11.9. The molecule has 1 fully saturated rings.